The van der Waals surface area contributed by atoms with Gasteiger partial charge in [0.25, 0.3) is 0 Å². The minimum Gasteiger partial charge on any atom is -0.458 e. The second kappa shape index (κ2) is 6.68. The van der Waals surface area contributed by atoms with Crippen molar-refractivity contribution in [3.63, 3.8) is 0 Å². The molecule has 0 aromatic rings. The van der Waals surface area contributed by atoms with E-state index in [1.165, 1.54) is 18.4 Å². The molecule has 0 amide bonds. The number of hydrogen-bond acceptors (Lipinski definition) is 4. The molecule has 2 bridgehead atoms. The smallest absolute Gasteiger partial charge is 0.336 e. The summed E-state index contributed by atoms with van der Waals surface area (Å²) in [6.07, 6.45) is 13.7. The van der Waals surface area contributed by atoms with Gasteiger partial charge in [0, 0.05) is 12.3 Å². The molecule has 32 heavy (non-hydrogen) atoms. The molecule has 2 aliphatic heterocycles. The summed E-state index contributed by atoms with van der Waals surface area (Å²) in [5.41, 5.74) is 1.18. The van der Waals surface area contributed by atoms with Gasteiger partial charge in [0.1, 0.15) is 11.7 Å². The van der Waals surface area contributed by atoms with E-state index in [-0.39, 0.29) is 28.8 Å². The maximum atomic E-state index is 13.1. The molecule has 2 saturated heterocycles. The number of hydrogen-bond donors (Lipinski definition) is 0. The number of allylic oxidation sites excluding steroid dienone is 4. The first-order valence-corrected chi connectivity index (χ1v) is 12.6. The van der Waals surface area contributed by atoms with Crippen LogP contribution in [-0.2, 0) is 19.1 Å². The SMILES string of the molecule is C=C1C(=O)O[C@H]2C[C@]1(C)OC[C@@H]2[C@H]1CC[C@@H]2[C@@H]3CC=C4CC=CC(=O)[C@]4(C)[C@H]3CC[C@]12C. The van der Waals surface area contributed by atoms with Gasteiger partial charge in [-0.1, -0.05) is 31.2 Å². The van der Waals surface area contributed by atoms with Gasteiger partial charge >= 0.3 is 5.97 Å². The standard InChI is InChI=1S/C28H36O4/c1-16-25(30)32-23-14-27(16,3)31-15-19(23)21-11-10-20-18-9-8-17-6-5-7-24(29)28(17,4)22(18)12-13-26(20,21)2/h5,7-8,18-23H,1,6,9-15H2,2-4H3/t18-,19+,20+,21+,22-,23-,26-,27-,28-/m0/s1. The van der Waals surface area contributed by atoms with Crippen molar-refractivity contribution in [3.05, 3.63) is 36.0 Å². The highest BCUT2D eigenvalue weighted by atomic mass is 16.6. The van der Waals surface area contributed by atoms with Crippen LogP contribution in [-0.4, -0.2) is 30.1 Å². The van der Waals surface area contributed by atoms with E-state index in [0.717, 1.165) is 32.1 Å². The van der Waals surface area contributed by atoms with Crippen molar-refractivity contribution in [2.75, 3.05) is 6.61 Å². The van der Waals surface area contributed by atoms with Crippen molar-refractivity contribution >= 4 is 11.8 Å². The van der Waals surface area contributed by atoms with Crippen LogP contribution >= 0.6 is 0 Å². The fourth-order valence-electron chi connectivity index (χ4n) is 9.03. The first-order valence-electron chi connectivity index (χ1n) is 12.6. The van der Waals surface area contributed by atoms with E-state index in [4.69, 9.17) is 9.47 Å². The molecule has 2 heterocycles. The van der Waals surface area contributed by atoms with Crippen LogP contribution in [0.1, 0.15) is 65.7 Å². The van der Waals surface area contributed by atoms with E-state index in [9.17, 15) is 9.59 Å². The molecule has 4 nitrogen and oxygen atoms in total. The normalized spacial score (nSPS) is 52.0. The molecule has 2 saturated carbocycles. The topological polar surface area (TPSA) is 52.6 Å². The molecule has 0 spiro atoms. The van der Waals surface area contributed by atoms with Gasteiger partial charge in [0.15, 0.2) is 5.78 Å². The second-order valence-electron chi connectivity index (χ2n) is 12.1. The molecule has 0 N–H and O–H groups in total. The van der Waals surface area contributed by atoms with E-state index in [2.05, 4.69) is 26.5 Å². The van der Waals surface area contributed by atoms with Crippen molar-refractivity contribution < 1.29 is 19.1 Å². The Labute approximate surface area is 191 Å². The van der Waals surface area contributed by atoms with Gasteiger partial charge in [0.2, 0.25) is 0 Å². The van der Waals surface area contributed by atoms with Gasteiger partial charge in [-0.2, -0.15) is 0 Å². The van der Waals surface area contributed by atoms with Crippen LogP contribution in [0.15, 0.2) is 36.0 Å². The zero-order valence-corrected chi connectivity index (χ0v) is 19.7. The van der Waals surface area contributed by atoms with Crippen molar-refractivity contribution in [2.45, 2.75) is 77.4 Å². The Balaban J connectivity index is 1.29. The van der Waals surface area contributed by atoms with Gasteiger partial charge in [-0.3, -0.25) is 4.79 Å². The molecule has 6 rings (SSSR count). The Bertz CT molecular complexity index is 960. The lowest BCUT2D eigenvalue weighted by atomic mass is 9.47. The van der Waals surface area contributed by atoms with Gasteiger partial charge in [-0.25, -0.2) is 4.79 Å². The Hall–Kier alpha value is -1.68. The molecule has 0 radical (unpaired) electrons. The van der Waals surface area contributed by atoms with Crippen LogP contribution < -0.4 is 0 Å². The number of ether oxygens (including phenoxy) is 2. The summed E-state index contributed by atoms with van der Waals surface area (Å²) in [5.74, 6) is 2.46. The average molecular weight is 437 g/mol. The monoisotopic (exact) mass is 436 g/mol. The van der Waals surface area contributed by atoms with E-state index in [0.29, 0.717) is 41.6 Å². The van der Waals surface area contributed by atoms with Crippen LogP contribution in [0.5, 0.6) is 0 Å². The lowest BCUT2D eigenvalue weighted by molar-refractivity contribution is -0.200. The van der Waals surface area contributed by atoms with Crippen molar-refractivity contribution in [1.82, 2.24) is 0 Å². The predicted octanol–water partition coefficient (Wildman–Crippen LogP) is 5.19. The maximum absolute atomic E-state index is 13.1. The summed E-state index contributed by atoms with van der Waals surface area (Å²) in [6.45, 7) is 11.3. The lowest BCUT2D eigenvalue weighted by Crippen LogP contribution is -2.57. The number of carbonyl (C=O) groups excluding carboxylic acids is 2. The number of esters is 1. The maximum Gasteiger partial charge on any atom is 0.336 e. The molecule has 4 aliphatic carbocycles. The predicted molar refractivity (Wildman–Crippen MR) is 122 cm³/mol. The fourth-order valence-corrected chi connectivity index (χ4v) is 9.03. The molecular weight excluding hydrogens is 400 g/mol. The highest BCUT2D eigenvalue weighted by Crippen LogP contribution is 2.67. The Morgan fingerprint density at radius 3 is 2.56 bits per heavy atom. The second-order valence-corrected chi connectivity index (χ2v) is 12.1. The Morgan fingerprint density at radius 2 is 1.78 bits per heavy atom. The van der Waals surface area contributed by atoms with E-state index in [1.54, 1.807) is 0 Å². The molecule has 4 heteroatoms. The lowest BCUT2D eigenvalue weighted by Gasteiger charge is -2.57. The van der Waals surface area contributed by atoms with Gasteiger partial charge in [0.05, 0.1) is 17.6 Å². The summed E-state index contributed by atoms with van der Waals surface area (Å²) in [4.78, 5) is 25.6. The molecule has 0 aromatic carbocycles. The zero-order valence-electron chi connectivity index (χ0n) is 19.7. The first-order chi connectivity index (χ1) is 15.2. The average Bonchev–Trinajstić information content (AvgIpc) is 3.10. The number of ketones is 1. The minimum absolute atomic E-state index is 0.0644. The summed E-state index contributed by atoms with van der Waals surface area (Å²) in [7, 11) is 0. The van der Waals surface area contributed by atoms with Crippen LogP contribution in [0.2, 0.25) is 0 Å². The molecule has 6 aliphatic rings. The summed E-state index contributed by atoms with van der Waals surface area (Å²) in [6, 6.07) is 0. The van der Waals surface area contributed by atoms with E-state index in [1.807, 2.05) is 19.1 Å². The largest absolute Gasteiger partial charge is 0.458 e. The van der Waals surface area contributed by atoms with Gasteiger partial charge < -0.3 is 9.47 Å². The third-order valence-corrected chi connectivity index (χ3v) is 11.0. The van der Waals surface area contributed by atoms with E-state index < -0.39 is 5.60 Å². The molecular formula is C28H36O4. The Kier molecular flexibility index (Phi) is 4.36. The third-order valence-electron chi connectivity index (χ3n) is 11.0. The fraction of sp³-hybridized carbons (Fsp3) is 0.714. The molecule has 4 fully saturated rings. The van der Waals surface area contributed by atoms with Crippen molar-refractivity contribution in [3.8, 4) is 0 Å². The number of fused-ring (bicyclic) bond motifs is 7. The summed E-state index contributed by atoms with van der Waals surface area (Å²) < 4.78 is 12.2. The summed E-state index contributed by atoms with van der Waals surface area (Å²) >= 11 is 0. The van der Waals surface area contributed by atoms with Crippen LogP contribution in [0.25, 0.3) is 0 Å². The highest BCUT2D eigenvalue weighted by Gasteiger charge is 2.62. The molecule has 172 valence electrons. The number of carbonyl (C=O) groups is 2. The molecule has 9 atom stereocenters. The molecule has 0 aromatic heterocycles. The van der Waals surface area contributed by atoms with Gasteiger partial charge in [-0.15, -0.1) is 0 Å². The highest BCUT2D eigenvalue weighted by molar-refractivity contribution is 5.98. The van der Waals surface area contributed by atoms with Crippen molar-refractivity contribution in [2.24, 2.45) is 40.4 Å². The third kappa shape index (κ3) is 2.53. The summed E-state index contributed by atoms with van der Waals surface area (Å²) in [5, 5.41) is 0. The van der Waals surface area contributed by atoms with Gasteiger partial charge in [-0.05, 0) is 87.5 Å². The first kappa shape index (κ1) is 20.9. The van der Waals surface area contributed by atoms with Crippen molar-refractivity contribution in [1.29, 1.82) is 0 Å². The van der Waals surface area contributed by atoms with Crippen LogP contribution in [0, 0.1) is 40.4 Å². The minimum atomic E-state index is -0.568. The zero-order chi connectivity index (χ0) is 22.5. The van der Waals surface area contributed by atoms with Crippen LogP contribution in [0.4, 0.5) is 0 Å². The molecule has 0 unspecified atom stereocenters. The number of rotatable bonds is 1. The quantitative estimate of drug-likeness (QED) is 0.323. The Morgan fingerprint density at radius 1 is 1.03 bits per heavy atom. The van der Waals surface area contributed by atoms with E-state index >= 15 is 0 Å². The van der Waals surface area contributed by atoms with Crippen LogP contribution in [0.3, 0.4) is 0 Å².